The highest BCUT2D eigenvalue weighted by molar-refractivity contribution is 6.01. The number of carbonyl (C=O) groups is 1. The van der Waals surface area contributed by atoms with Crippen LogP contribution in [0.2, 0.25) is 0 Å². The van der Waals surface area contributed by atoms with E-state index in [4.69, 9.17) is 0 Å². The van der Waals surface area contributed by atoms with Crippen molar-refractivity contribution in [3.63, 3.8) is 0 Å². The molecular weight excluding hydrogens is 264 g/mol. The van der Waals surface area contributed by atoms with E-state index < -0.39 is 5.97 Å². The van der Waals surface area contributed by atoms with Crippen LogP contribution in [0.15, 0.2) is 48.8 Å². The number of aromatic nitrogens is 2. The molecule has 4 nitrogen and oxygen atoms in total. The van der Waals surface area contributed by atoms with Gasteiger partial charge in [-0.3, -0.25) is 4.57 Å². The summed E-state index contributed by atoms with van der Waals surface area (Å²) in [6.07, 6.45) is 1.69. The van der Waals surface area contributed by atoms with Gasteiger partial charge >= 0.3 is 5.97 Å². The van der Waals surface area contributed by atoms with Crippen LogP contribution in [0.1, 0.15) is 35.7 Å². The van der Waals surface area contributed by atoms with Crippen molar-refractivity contribution in [3.05, 3.63) is 59.9 Å². The molecule has 0 saturated carbocycles. The molecule has 4 heteroatoms. The van der Waals surface area contributed by atoms with Gasteiger partial charge in [0.2, 0.25) is 0 Å². The first-order chi connectivity index (χ1) is 10.1. The van der Waals surface area contributed by atoms with Crippen LogP contribution in [0, 0.1) is 0 Å². The minimum atomic E-state index is -0.956. The Morgan fingerprint density at radius 2 is 1.90 bits per heavy atom. The van der Waals surface area contributed by atoms with E-state index in [9.17, 15) is 9.90 Å². The highest BCUT2D eigenvalue weighted by Crippen LogP contribution is 2.27. The summed E-state index contributed by atoms with van der Waals surface area (Å²) >= 11 is 0. The molecule has 0 spiro atoms. The Morgan fingerprint density at radius 1 is 1.14 bits per heavy atom. The first-order valence-electron chi connectivity index (χ1n) is 6.88. The molecule has 1 heterocycles. The molecule has 0 bridgehead atoms. The van der Waals surface area contributed by atoms with Crippen molar-refractivity contribution in [2.45, 2.75) is 19.8 Å². The van der Waals surface area contributed by atoms with Gasteiger partial charge < -0.3 is 5.11 Å². The lowest BCUT2D eigenvalue weighted by Gasteiger charge is -2.14. The van der Waals surface area contributed by atoms with Gasteiger partial charge in [0.15, 0.2) is 0 Å². The highest BCUT2D eigenvalue weighted by atomic mass is 16.4. The molecule has 0 unspecified atom stereocenters. The van der Waals surface area contributed by atoms with Crippen molar-refractivity contribution in [2.24, 2.45) is 0 Å². The minimum Gasteiger partial charge on any atom is -0.478 e. The van der Waals surface area contributed by atoms with E-state index in [1.165, 1.54) is 5.56 Å². The summed E-state index contributed by atoms with van der Waals surface area (Å²) in [5.41, 5.74) is 3.80. The predicted molar refractivity (Wildman–Crippen MR) is 82.1 cm³/mol. The van der Waals surface area contributed by atoms with E-state index in [1.807, 2.05) is 28.8 Å². The van der Waals surface area contributed by atoms with Gasteiger partial charge in [-0.05, 0) is 29.7 Å². The van der Waals surface area contributed by atoms with Crippen LogP contribution in [0.3, 0.4) is 0 Å². The molecule has 3 rings (SSSR count). The van der Waals surface area contributed by atoms with Crippen LogP contribution in [0.25, 0.3) is 16.7 Å². The number of carboxylic acids is 1. The summed E-state index contributed by atoms with van der Waals surface area (Å²) in [6.45, 7) is 4.28. The van der Waals surface area contributed by atoms with Gasteiger partial charge in [0.05, 0.1) is 16.8 Å². The largest absolute Gasteiger partial charge is 0.478 e. The van der Waals surface area contributed by atoms with E-state index in [2.05, 4.69) is 24.9 Å². The Bertz CT molecular complexity index is 819. The molecule has 1 N–H and O–H groups in total. The van der Waals surface area contributed by atoms with Crippen molar-refractivity contribution in [1.82, 2.24) is 9.55 Å². The molecule has 0 atom stereocenters. The maximum Gasteiger partial charge on any atom is 0.337 e. The number of fused-ring (bicyclic) bond motifs is 1. The van der Waals surface area contributed by atoms with Gasteiger partial charge in [-0.2, -0.15) is 0 Å². The van der Waals surface area contributed by atoms with Crippen molar-refractivity contribution in [3.8, 4) is 5.69 Å². The van der Waals surface area contributed by atoms with Crippen LogP contribution in [0.5, 0.6) is 0 Å². The number of imidazole rings is 1. The lowest BCUT2D eigenvalue weighted by molar-refractivity contribution is 0.0699. The third-order valence-corrected chi connectivity index (χ3v) is 3.63. The molecule has 0 amide bonds. The Hall–Kier alpha value is -2.62. The first kappa shape index (κ1) is 13.4. The van der Waals surface area contributed by atoms with Gasteiger partial charge in [-0.25, -0.2) is 9.78 Å². The molecule has 0 aliphatic heterocycles. The standard InChI is InChI=1S/C17H16N2O2/c1-11(2)12-6-3-4-8-14(12)19-10-18-16-13(17(20)21)7-5-9-15(16)19/h3-11H,1-2H3,(H,20,21). The molecule has 21 heavy (non-hydrogen) atoms. The molecule has 0 aliphatic rings. The second-order valence-corrected chi connectivity index (χ2v) is 5.31. The fraction of sp³-hybridized carbons (Fsp3) is 0.176. The molecule has 2 aromatic carbocycles. The SMILES string of the molecule is CC(C)c1ccccc1-n1cnc2c(C(=O)O)cccc21. The summed E-state index contributed by atoms with van der Waals surface area (Å²) in [6, 6.07) is 13.3. The average molecular weight is 280 g/mol. The minimum absolute atomic E-state index is 0.230. The van der Waals surface area contributed by atoms with E-state index in [0.717, 1.165) is 11.2 Å². The van der Waals surface area contributed by atoms with Crippen LogP contribution in [-0.4, -0.2) is 20.6 Å². The number of hydrogen-bond acceptors (Lipinski definition) is 2. The number of rotatable bonds is 3. The van der Waals surface area contributed by atoms with E-state index in [-0.39, 0.29) is 5.56 Å². The van der Waals surface area contributed by atoms with Gasteiger partial charge in [-0.15, -0.1) is 0 Å². The topological polar surface area (TPSA) is 55.1 Å². The Labute approximate surface area is 122 Å². The van der Waals surface area contributed by atoms with E-state index in [0.29, 0.717) is 11.4 Å². The Balaban J connectivity index is 2.28. The summed E-state index contributed by atoms with van der Waals surface area (Å²) in [5.74, 6) is -0.579. The van der Waals surface area contributed by atoms with Gasteiger partial charge in [0, 0.05) is 0 Å². The van der Waals surface area contributed by atoms with Gasteiger partial charge in [0.25, 0.3) is 0 Å². The van der Waals surface area contributed by atoms with Crippen LogP contribution < -0.4 is 0 Å². The average Bonchev–Trinajstić information content (AvgIpc) is 2.90. The van der Waals surface area contributed by atoms with Crippen LogP contribution >= 0.6 is 0 Å². The van der Waals surface area contributed by atoms with E-state index >= 15 is 0 Å². The molecule has 0 saturated heterocycles. The second kappa shape index (κ2) is 5.05. The molecule has 106 valence electrons. The number of aromatic carboxylic acids is 1. The van der Waals surface area contributed by atoms with Crippen molar-refractivity contribution in [2.75, 3.05) is 0 Å². The third-order valence-electron chi connectivity index (χ3n) is 3.63. The van der Waals surface area contributed by atoms with Crippen LogP contribution in [0.4, 0.5) is 0 Å². The molecular formula is C17H16N2O2. The number of nitrogens with zero attached hydrogens (tertiary/aromatic N) is 2. The Kier molecular flexibility index (Phi) is 3.22. The molecule has 3 aromatic rings. The smallest absolute Gasteiger partial charge is 0.337 e. The predicted octanol–water partition coefficient (Wildman–Crippen LogP) is 3.85. The summed E-state index contributed by atoms with van der Waals surface area (Å²) in [5, 5.41) is 9.26. The lowest BCUT2D eigenvalue weighted by Crippen LogP contribution is -2.01. The summed E-state index contributed by atoms with van der Waals surface area (Å²) in [7, 11) is 0. The normalized spacial score (nSPS) is 11.2. The Morgan fingerprint density at radius 3 is 2.62 bits per heavy atom. The second-order valence-electron chi connectivity index (χ2n) is 5.31. The summed E-state index contributed by atoms with van der Waals surface area (Å²) < 4.78 is 1.96. The van der Waals surface area contributed by atoms with Crippen molar-refractivity contribution >= 4 is 17.0 Å². The molecule has 1 aromatic heterocycles. The van der Waals surface area contributed by atoms with Crippen LogP contribution in [-0.2, 0) is 0 Å². The highest BCUT2D eigenvalue weighted by Gasteiger charge is 2.15. The number of hydrogen-bond donors (Lipinski definition) is 1. The zero-order valence-electron chi connectivity index (χ0n) is 11.9. The number of carboxylic acid groups (broad SMARTS) is 1. The van der Waals surface area contributed by atoms with Gasteiger partial charge in [-0.1, -0.05) is 38.1 Å². The monoisotopic (exact) mass is 280 g/mol. The molecule has 0 radical (unpaired) electrons. The maximum absolute atomic E-state index is 11.3. The zero-order valence-corrected chi connectivity index (χ0v) is 11.9. The number of benzene rings is 2. The fourth-order valence-corrected chi connectivity index (χ4v) is 2.60. The lowest BCUT2D eigenvalue weighted by atomic mass is 10.0. The quantitative estimate of drug-likeness (QED) is 0.793. The number of para-hydroxylation sites is 2. The third kappa shape index (κ3) is 2.18. The van der Waals surface area contributed by atoms with E-state index in [1.54, 1.807) is 18.5 Å². The zero-order chi connectivity index (χ0) is 15.0. The summed E-state index contributed by atoms with van der Waals surface area (Å²) in [4.78, 5) is 15.6. The molecule has 0 fully saturated rings. The molecule has 0 aliphatic carbocycles. The van der Waals surface area contributed by atoms with Crippen molar-refractivity contribution in [1.29, 1.82) is 0 Å². The fourth-order valence-electron chi connectivity index (χ4n) is 2.60. The maximum atomic E-state index is 11.3. The van der Waals surface area contributed by atoms with Crippen molar-refractivity contribution < 1.29 is 9.90 Å². The van der Waals surface area contributed by atoms with Gasteiger partial charge in [0.1, 0.15) is 11.8 Å². The first-order valence-corrected chi connectivity index (χ1v) is 6.88.